The second-order valence-corrected chi connectivity index (χ2v) is 5.92. The maximum Gasteiger partial charge on any atom is 0.260 e. The minimum absolute atomic E-state index is 0.0250. The molecule has 1 aliphatic heterocycles. The SMILES string of the molecule is CC(=O)c1ccc(OCC(=O)N2[C@H](C)CCC[C@H]2C)cc1F. The number of hydrogen-bond donors (Lipinski definition) is 0. The number of ketones is 1. The zero-order valence-corrected chi connectivity index (χ0v) is 13.3. The lowest BCUT2D eigenvalue weighted by Gasteiger charge is -2.38. The lowest BCUT2D eigenvalue weighted by molar-refractivity contribution is -0.139. The first kappa shape index (κ1) is 16.5. The maximum absolute atomic E-state index is 13.7. The number of ether oxygens (including phenoxy) is 1. The van der Waals surface area contributed by atoms with E-state index in [1.165, 1.54) is 19.1 Å². The summed E-state index contributed by atoms with van der Waals surface area (Å²) in [6, 6.07) is 4.45. The van der Waals surface area contributed by atoms with Crippen molar-refractivity contribution in [1.29, 1.82) is 0 Å². The fraction of sp³-hybridized carbons (Fsp3) is 0.529. The molecule has 22 heavy (non-hydrogen) atoms. The summed E-state index contributed by atoms with van der Waals surface area (Å²) >= 11 is 0. The highest BCUT2D eigenvalue weighted by molar-refractivity contribution is 5.94. The average molecular weight is 307 g/mol. The van der Waals surface area contributed by atoms with E-state index in [1.54, 1.807) is 0 Å². The second-order valence-electron chi connectivity index (χ2n) is 5.92. The van der Waals surface area contributed by atoms with Gasteiger partial charge >= 0.3 is 0 Å². The zero-order valence-electron chi connectivity index (χ0n) is 13.3. The molecule has 1 aromatic carbocycles. The van der Waals surface area contributed by atoms with Gasteiger partial charge in [-0.1, -0.05) is 0 Å². The number of Topliss-reactive ketones (excluding diaryl/α,β-unsaturated/α-hetero) is 1. The number of nitrogens with zero attached hydrogens (tertiary/aromatic N) is 1. The van der Waals surface area contributed by atoms with Crippen molar-refractivity contribution < 1.29 is 18.7 Å². The number of likely N-dealkylation sites (tertiary alicyclic amines) is 1. The van der Waals surface area contributed by atoms with E-state index in [2.05, 4.69) is 0 Å². The summed E-state index contributed by atoms with van der Waals surface area (Å²) < 4.78 is 19.1. The topological polar surface area (TPSA) is 46.6 Å². The van der Waals surface area contributed by atoms with Crippen LogP contribution in [0.3, 0.4) is 0 Å². The summed E-state index contributed by atoms with van der Waals surface area (Å²) in [5, 5.41) is 0. The van der Waals surface area contributed by atoms with Gasteiger partial charge in [-0.3, -0.25) is 9.59 Å². The minimum Gasteiger partial charge on any atom is -0.484 e. The molecule has 1 fully saturated rings. The molecule has 0 unspecified atom stereocenters. The van der Waals surface area contributed by atoms with E-state index in [0.29, 0.717) is 0 Å². The Balaban J connectivity index is 1.99. The monoisotopic (exact) mass is 307 g/mol. The molecule has 1 amide bonds. The molecule has 1 aliphatic rings. The van der Waals surface area contributed by atoms with Crippen LogP contribution in [0.2, 0.25) is 0 Å². The van der Waals surface area contributed by atoms with E-state index in [9.17, 15) is 14.0 Å². The molecule has 2 atom stereocenters. The van der Waals surface area contributed by atoms with Crippen molar-refractivity contribution in [2.24, 2.45) is 0 Å². The van der Waals surface area contributed by atoms with Crippen LogP contribution in [0.15, 0.2) is 18.2 Å². The maximum atomic E-state index is 13.7. The van der Waals surface area contributed by atoms with Gasteiger partial charge in [0.15, 0.2) is 12.4 Å². The van der Waals surface area contributed by atoms with Crippen LogP contribution in [-0.2, 0) is 4.79 Å². The number of piperidine rings is 1. The van der Waals surface area contributed by atoms with E-state index in [-0.39, 0.29) is 41.7 Å². The number of amides is 1. The number of benzene rings is 1. The first-order chi connectivity index (χ1) is 10.4. The number of halogens is 1. The van der Waals surface area contributed by atoms with Gasteiger partial charge in [-0.05, 0) is 52.2 Å². The van der Waals surface area contributed by atoms with Gasteiger partial charge in [-0.25, -0.2) is 4.39 Å². The molecule has 1 aromatic rings. The first-order valence-corrected chi connectivity index (χ1v) is 7.64. The summed E-state index contributed by atoms with van der Waals surface area (Å²) in [6.07, 6.45) is 3.13. The standard InChI is InChI=1S/C17H22FNO3/c1-11-5-4-6-12(2)19(11)17(21)10-22-14-7-8-15(13(3)20)16(18)9-14/h7-9,11-12H,4-6,10H2,1-3H3/t11-,12-/m1/s1. The molecule has 1 heterocycles. The molecule has 2 rings (SSSR count). The van der Waals surface area contributed by atoms with Crippen LogP contribution in [-0.4, -0.2) is 35.3 Å². The van der Waals surface area contributed by atoms with E-state index in [4.69, 9.17) is 4.74 Å². The van der Waals surface area contributed by atoms with Gasteiger partial charge in [0.2, 0.25) is 0 Å². The molecule has 5 heteroatoms. The summed E-state index contributed by atoms with van der Waals surface area (Å²) in [4.78, 5) is 25.3. The lowest BCUT2D eigenvalue weighted by atomic mass is 9.97. The molecule has 0 bridgehead atoms. The van der Waals surface area contributed by atoms with Crippen molar-refractivity contribution in [1.82, 2.24) is 4.90 Å². The molecule has 120 valence electrons. The molecule has 0 N–H and O–H groups in total. The Bertz CT molecular complexity index is 563. The van der Waals surface area contributed by atoms with Gasteiger partial charge in [0.25, 0.3) is 5.91 Å². The van der Waals surface area contributed by atoms with E-state index >= 15 is 0 Å². The van der Waals surface area contributed by atoms with Crippen LogP contribution >= 0.6 is 0 Å². The zero-order chi connectivity index (χ0) is 16.3. The molecular weight excluding hydrogens is 285 g/mol. The molecular formula is C17H22FNO3. The number of hydrogen-bond acceptors (Lipinski definition) is 3. The summed E-state index contributed by atoms with van der Waals surface area (Å²) in [7, 11) is 0. The van der Waals surface area contributed by atoms with Crippen LogP contribution in [0.1, 0.15) is 50.4 Å². The minimum atomic E-state index is -0.628. The Hall–Kier alpha value is -1.91. The fourth-order valence-corrected chi connectivity index (χ4v) is 3.00. The Kier molecular flexibility index (Phi) is 5.16. The number of carbonyl (C=O) groups excluding carboxylic acids is 2. The highest BCUT2D eigenvalue weighted by Crippen LogP contribution is 2.23. The van der Waals surface area contributed by atoms with Crippen LogP contribution in [0.5, 0.6) is 5.75 Å². The molecule has 0 aliphatic carbocycles. The van der Waals surface area contributed by atoms with Gasteiger partial charge < -0.3 is 9.64 Å². The molecule has 0 saturated carbocycles. The van der Waals surface area contributed by atoms with Gasteiger partial charge in [0.1, 0.15) is 11.6 Å². The highest BCUT2D eigenvalue weighted by Gasteiger charge is 2.29. The third-order valence-corrected chi connectivity index (χ3v) is 4.16. The normalized spacial score (nSPS) is 21.5. The van der Waals surface area contributed by atoms with Crippen molar-refractivity contribution in [3.05, 3.63) is 29.6 Å². The predicted molar refractivity (Wildman–Crippen MR) is 81.5 cm³/mol. The van der Waals surface area contributed by atoms with Crippen molar-refractivity contribution in [2.75, 3.05) is 6.61 Å². The predicted octanol–water partition coefficient (Wildman–Crippen LogP) is 3.20. The second kappa shape index (κ2) is 6.90. The fourth-order valence-electron chi connectivity index (χ4n) is 3.00. The van der Waals surface area contributed by atoms with Gasteiger partial charge in [0.05, 0.1) is 5.56 Å². The molecule has 0 radical (unpaired) electrons. The average Bonchev–Trinajstić information content (AvgIpc) is 2.44. The third kappa shape index (κ3) is 3.64. The number of rotatable bonds is 4. The van der Waals surface area contributed by atoms with Gasteiger partial charge in [-0.2, -0.15) is 0 Å². The largest absolute Gasteiger partial charge is 0.484 e. The van der Waals surface area contributed by atoms with Crippen LogP contribution in [0.25, 0.3) is 0 Å². The molecule has 0 spiro atoms. The summed E-state index contributed by atoms with van der Waals surface area (Å²) in [5.74, 6) is -0.794. The first-order valence-electron chi connectivity index (χ1n) is 7.64. The third-order valence-electron chi connectivity index (χ3n) is 4.16. The Morgan fingerprint density at radius 2 is 1.91 bits per heavy atom. The van der Waals surface area contributed by atoms with Crippen molar-refractivity contribution in [3.8, 4) is 5.75 Å². The quantitative estimate of drug-likeness (QED) is 0.803. The van der Waals surface area contributed by atoms with Crippen LogP contribution in [0.4, 0.5) is 4.39 Å². The van der Waals surface area contributed by atoms with Crippen molar-refractivity contribution in [3.63, 3.8) is 0 Å². The van der Waals surface area contributed by atoms with Crippen LogP contribution in [0, 0.1) is 5.82 Å². The van der Waals surface area contributed by atoms with Crippen molar-refractivity contribution >= 4 is 11.7 Å². The van der Waals surface area contributed by atoms with Crippen LogP contribution < -0.4 is 4.74 Å². The van der Waals surface area contributed by atoms with Gasteiger partial charge in [0, 0.05) is 18.2 Å². The Morgan fingerprint density at radius 1 is 1.27 bits per heavy atom. The summed E-state index contributed by atoms with van der Waals surface area (Å²) in [6.45, 7) is 5.26. The Morgan fingerprint density at radius 3 is 2.45 bits per heavy atom. The smallest absolute Gasteiger partial charge is 0.260 e. The van der Waals surface area contributed by atoms with E-state index < -0.39 is 5.82 Å². The highest BCUT2D eigenvalue weighted by atomic mass is 19.1. The van der Waals surface area contributed by atoms with E-state index in [0.717, 1.165) is 25.3 Å². The lowest BCUT2D eigenvalue weighted by Crippen LogP contribution is -2.49. The molecule has 4 nitrogen and oxygen atoms in total. The molecule has 1 saturated heterocycles. The Labute approximate surface area is 130 Å². The van der Waals surface area contributed by atoms with Gasteiger partial charge in [-0.15, -0.1) is 0 Å². The number of carbonyl (C=O) groups is 2. The van der Waals surface area contributed by atoms with E-state index in [1.807, 2.05) is 18.7 Å². The van der Waals surface area contributed by atoms with Crippen molar-refractivity contribution in [2.45, 2.75) is 52.1 Å². The molecule has 0 aromatic heterocycles. The summed E-state index contributed by atoms with van der Waals surface area (Å²) in [5.41, 5.74) is 0.0250.